The van der Waals surface area contributed by atoms with Crippen LogP contribution < -0.4 is 4.74 Å². The second-order valence-electron chi connectivity index (χ2n) is 6.71. The third-order valence-electron chi connectivity index (χ3n) is 4.16. The predicted octanol–water partition coefficient (Wildman–Crippen LogP) is 3.55. The molecule has 0 aliphatic rings. The first kappa shape index (κ1) is 22.2. The summed E-state index contributed by atoms with van der Waals surface area (Å²) in [6.07, 6.45) is -4.45. The molecule has 5 nitrogen and oxygen atoms in total. The average molecular weight is 405 g/mol. The van der Waals surface area contributed by atoms with Crippen LogP contribution in [0.1, 0.15) is 16.7 Å². The van der Waals surface area contributed by atoms with Crippen LogP contribution in [0.2, 0.25) is 0 Å². The van der Waals surface area contributed by atoms with Crippen LogP contribution in [0, 0.1) is 11.3 Å². The summed E-state index contributed by atoms with van der Waals surface area (Å²) in [5, 5.41) is 9.10. The standard InChI is InChI=1S/C21H22F3N3O2/c1-26(2)10-11-27(14-16-6-5-8-18(12-16)21(22,23)24)20(28)15-29-19-9-4-3-7-17(19)13-25/h3-9,12H,10-11,14-15H2,1-2H3. The number of nitriles is 1. The molecule has 0 heterocycles. The number of alkyl halides is 3. The van der Waals surface area contributed by atoms with Crippen LogP contribution in [0.4, 0.5) is 13.2 Å². The molecule has 0 spiro atoms. The summed E-state index contributed by atoms with van der Waals surface area (Å²) in [5.41, 5.74) is -0.0726. The number of rotatable bonds is 8. The van der Waals surface area contributed by atoms with Gasteiger partial charge in [0.1, 0.15) is 11.8 Å². The molecule has 154 valence electrons. The molecule has 0 saturated carbocycles. The molecule has 0 saturated heterocycles. The maximum absolute atomic E-state index is 13.0. The van der Waals surface area contributed by atoms with Crippen molar-refractivity contribution >= 4 is 5.91 Å². The summed E-state index contributed by atoms with van der Waals surface area (Å²) in [6.45, 7) is 0.579. The summed E-state index contributed by atoms with van der Waals surface area (Å²) in [4.78, 5) is 16.0. The molecule has 0 fully saturated rings. The van der Waals surface area contributed by atoms with Crippen molar-refractivity contribution in [2.24, 2.45) is 0 Å². The fourth-order valence-corrected chi connectivity index (χ4v) is 2.59. The smallest absolute Gasteiger partial charge is 0.416 e. The van der Waals surface area contributed by atoms with E-state index < -0.39 is 11.7 Å². The predicted molar refractivity (Wildman–Crippen MR) is 102 cm³/mol. The molecule has 0 N–H and O–H groups in total. The lowest BCUT2D eigenvalue weighted by Gasteiger charge is -2.25. The molecule has 0 bridgehead atoms. The van der Waals surface area contributed by atoms with Crippen LogP contribution >= 0.6 is 0 Å². The second kappa shape index (κ2) is 9.94. The van der Waals surface area contributed by atoms with E-state index in [1.807, 2.05) is 25.1 Å². The Morgan fingerprint density at radius 2 is 1.83 bits per heavy atom. The van der Waals surface area contributed by atoms with Crippen molar-refractivity contribution in [2.45, 2.75) is 12.7 Å². The highest BCUT2D eigenvalue weighted by atomic mass is 19.4. The van der Waals surface area contributed by atoms with E-state index in [0.29, 0.717) is 24.2 Å². The summed E-state index contributed by atoms with van der Waals surface area (Å²) in [6, 6.07) is 13.4. The lowest BCUT2D eigenvalue weighted by atomic mass is 10.1. The van der Waals surface area contributed by atoms with E-state index >= 15 is 0 Å². The van der Waals surface area contributed by atoms with E-state index in [1.54, 1.807) is 30.3 Å². The van der Waals surface area contributed by atoms with Gasteiger partial charge in [-0.2, -0.15) is 18.4 Å². The highest BCUT2D eigenvalue weighted by Gasteiger charge is 2.30. The Labute approximate surface area is 167 Å². The highest BCUT2D eigenvalue weighted by molar-refractivity contribution is 5.78. The normalized spacial score (nSPS) is 11.2. The average Bonchev–Trinajstić information content (AvgIpc) is 2.68. The second-order valence-corrected chi connectivity index (χ2v) is 6.71. The number of amides is 1. The minimum atomic E-state index is -4.45. The zero-order valence-corrected chi connectivity index (χ0v) is 16.2. The van der Waals surface area contributed by atoms with Crippen molar-refractivity contribution in [1.82, 2.24) is 9.80 Å². The molecule has 0 unspecified atom stereocenters. The monoisotopic (exact) mass is 405 g/mol. The molecule has 2 aromatic carbocycles. The lowest BCUT2D eigenvalue weighted by Crippen LogP contribution is -2.39. The number of halogens is 3. The van der Waals surface area contributed by atoms with E-state index in [9.17, 15) is 18.0 Å². The number of carbonyl (C=O) groups excluding carboxylic acids is 1. The van der Waals surface area contributed by atoms with Gasteiger partial charge in [0.15, 0.2) is 6.61 Å². The van der Waals surface area contributed by atoms with E-state index in [1.165, 1.54) is 11.0 Å². The highest BCUT2D eigenvalue weighted by Crippen LogP contribution is 2.29. The Bertz CT molecular complexity index is 876. The first-order chi connectivity index (χ1) is 13.7. The van der Waals surface area contributed by atoms with Crippen LogP contribution in [0.3, 0.4) is 0 Å². The maximum atomic E-state index is 13.0. The number of ether oxygens (including phenoxy) is 1. The molecule has 0 radical (unpaired) electrons. The fraction of sp³-hybridized carbons (Fsp3) is 0.333. The number of para-hydroxylation sites is 1. The fourth-order valence-electron chi connectivity index (χ4n) is 2.59. The molecule has 8 heteroatoms. The first-order valence-corrected chi connectivity index (χ1v) is 8.91. The van der Waals surface area contributed by atoms with Crippen LogP contribution in [0.15, 0.2) is 48.5 Å². The Hall–Kier alpha value is -3.05. The van der Waals surface area contributed by atoms with Crippen molar-refractivity contribution in [3.8, 4) is 11.8 Å². The number of hydrogen-bond acceptors (Lipinski definition) is 4. The van der Waals surface area contributed by atoms with E-state index in [4.69, 9.17) is 10.00 Å². The largest absolute Gasteiger partial charge is 0.482 e. The Morgan fingerprint density at radius 1 is 1.10 bits per heavy atom. The van der Waals surface area contributed by atoms with Crippen molar-refractivity contribution in [2.75, 3.05) is 33.8 Å². The minimum Gasteiger partial charge on any atom is -0.482 e. The van der Waals surface area contributed by atoms with Gasteiger partial charge in [0, 0.05) is 19.6 Å². The molecule has 0 aliphatic carbocycles. The SMILES string of the molecule is CN(C)CCN(Cc1cccc(C(F)(F)F)c1)C(=O)COc1ccccc1C#N. The number of nitrogens with zero attached hydrogens (tertiary/aromatic N) is 3. The topological polar surface area (TPSA) is 56.6 Å². The number of carbonyl (C=O) groups is 1. The molecule has 1 amide bonds. The summed E-state index contributed by atoms with van der Waals surface area (Å²) >= 11 is 0. The molecule has 2 aromatic rings. The zero-order chi connectivity index (χ0) is 21.4. The van der Waals surface area contributed by atoms with Crippen LogP contribution in [-0.4, -0.2) is 49.5 Å². The van der Waals surface area contributed by atoms with E-state index in [2.05, 4.69) is 0 Å². The number of hydrogen-bond donors (Lipinski definition) is 0. The van der Waals surface area contributed by atoms with Crippen LogP contribution in [-0.2, 0) is 17.5 Å². The minimum absolute atomic E-state index is 0.0276. The quantitative estimate of drug-likeness (QED) is 0.674. The molecular formula is C21H22F3N3O2. The summed E-state index contributed by atoms with van der Waals surface area (Å²) in [5.74, 6) is -0.0908. The third kappa shape index (κ3) is 6.80. The van der Waals surface area contributed by atoms with Gasteiger partial charge < -0.3 is 14.5 Å². The lowest BCUT2D eigenvalue weighted by molar-refractivity contribution is -0.137. The Morgan fingerprint density at radius 3 is 2.48 bits per heavy atom. The number of likely N-dealkylation sites (N-methyl/N-ethyl adjacent to an activating group) is 1. The van der Waals surface area contributed by atoms with E-state index in [0.717, 1.165) is 12.1 Å². The van der Waals surface area contributed by atoms with Crippen molar-refractivity contribution in [1.29, 1.82) is 5.26 Å². The molecule has 29 heavy (non-hydrogen) atoms. The molecule has 0 atom stereocenters. The van der Waals surface area contributed by atoms with Gasteiger partial charge in [0.2, 0.25) is 0 Å². The summed E-state index contributed by atoms with van der Waals surface area (Å²) < 4.78 is 44.4. The van der Waals surface area contributed by atoms with Crippen molar-refractivity contribution in [3.63, 3.8) is 0 Å². The van der Waals surface area contributed by atoms with Gasteiger partial charge in [-0.1, -0.05) is 24.3 Å². The third-order valence-corrected chi connectivity index (χ3v) is 4.16. The molecule has 0 aromatic heterocycles. The van der Waals surface area contributed by atoms with Crippen molar-refractivity contribution in [3.05, 3.63) is 65.2 Å². The maximum Gasteiger partial charge on any atom is 0.416 e. The van der Waals surface area contributed by atoms with Gasteiger partial charge in [-0.25, -0.2) is 0 Å². The van der Waals surface area contributed by atoms with Gasteiger partial charge in [0.25, 0.3) is 5.91 Å². The van der Waals surface area contributed by atoms with Crippen molar-refractivity contribution < 1.29 is 22.7 Å². The summed E-state index contributed by atoms with van der Waals surface area (Å²) in [7, 11) is 3.68. The molecule has 2 rings (SSSR count). The van der Waals surface area contributed by atoms with Gasteiger partial charge in [-0.05, 0) is 43.9 Å². The van der Waals surface area contributed by atoms with Crippen LogP contribution in [0.5, 0.6) is 5.75 Å². The Kier molecular flexibility index (Phi) is 7.62. The zero-order valence-electron chi connectivity index (χ0n) is 16.2. The number of benzene rings is 2. The van der Waals surface area contributed by atoms with Gasteiger partial charge >= 0.3 is 6.18 Å². The Balaban J connectivity index is 2.13. The van der Waals surface area contributed by atoms with Crippen LogP contribution in [0.25, 0.3) is 0 Å². The van der Waals surface area contributed by atoms with Gasteiger partial charge in [-0.3, -0.25) is 4.79 Å². The van der Waals surface area contributed by atoms with E-state index in [-0.39, 0.29) is 24.8 Å². The molecular weight excluding hydrogens is 383 g/mol. The van der Waals surface area contributed by atoms with Gasteiger partial charge in [-0.15, -0.1) is 0 Å². The first-order valence-electron chi connectivity index (χ1n) is 8.91. The molecule has 0 aliphatic heterocycles. The van der Waals surface area contributed by atoms with Gasteiger partial charge in [0.05, 0.1) is 11.1 Å².